The lowest BCUT2D eigenvalue weighted by atomic mass is 9.87. The van der Waals surface area contributed by atoms with Gasteiger partial charge in [-0.15, -0.1) is 0 Å². The normalized spacial score (nSPS) is 21.3. The molecule has 8 heteroatoms. The van der Waals surface area contributed by atoms with Crippen LogP contribution in [0.15, 0.2) is 40.2 Å². The number of nitrogens with zero attached hydrogens (tertiary/aromatic N) is 2. The first-order chi connectivity index (χ1) is 17.7. The van der Waals surface area contributed by atoms with E-state index in [4.69, 9.17) is 9.73 Å². The van der Waals surface area contributed by atoms with Crippen molar-refractivity contribution in [1.82, 2.24) is 15.2 Å². The van der Waals surface area contributed by atoms with E-state index in [-0.39, 0.29) is 17.6 Å². The third-order valence-electron chi connectivity index (χ3n) is 7.37. The molecule has 37 heavy (non-hydrogen) atoms. The first kappa shape index (κ1) is 27.2. The number of aromatic amines is 1. The molecule has 2 aliphatic heterocycles. The third-order valence-corrected chi connectivity index (χ3v) is 7.37. The van der Waals surface area contributed by atoms with Gasteiger partial charge in [0, 0.05) is 42.9 Å². The van der Waals surface area contributed by atoms with Gasteiger partial charge in [-0.05, 0) is 68.8 Å². The molecule has 2 aliphatic rings. The van der Waals surface area contributed by atoms with Crippen LogP contribution in [0.4, 0.5) is 5.69 Å². The maximum absolute atomic E-state index is 12.1. The molecule has 0 aliphatic carbocycles. The first-order valence-electron chi connectivity index (χ1n) is 13.4. The quantitative estimate of drug-likeness (QED) is 0.477. The zero-order valence-electron chi connectivity index (χ0n) is 22.4. The Morgan fingerprint density at radius 2 is 2.14 bits per heavy atom. The molecular weight excluding hydrogens is 468 g/mol. The van der Waals surface area contributed by atoms with E-state index < -0.39 is 12.0 Å². The molecule has 3 heterocycles. The number of aryl methyl sites for hydroxylation is 2. The summed E-state index contributed by atoms with van der Waals surface area (Å²) in [5.74, 6) is -0.340. The number of aliphatic imine (C=N–C) groups is 1. The number of aromatic nitrogens is 1. The third kappa shape index (κ3) is 7.15. The maximum atomic E-state index is 12.1. The predicted molar refractivity (Wildman–Crippen MR) is 146 cm³/mol. The zero-order chi connectivity index (χ0) is 26.5. The van der Waals surface area contributed by atoms with E-state index in [0.29, 0.717) is 24.4 Å². The Bertz CT molecular complexity index is 1190. The molecule has 3 N–H and O–H groups in total. The van der Waals surface area contributed by atoms with Gasteiger partial charge in [-0.2, -0.15) is 0 Å². The second-order valence-electron chi connectivity index (χ2n) is 11.0. The number of aliphatic carboxylic acids is 1. The Balaban J connectivity index is 1.63. The van der Waals surface area contributed by atoms with Crippen LogP contribution in [0.5, 0.6) is 0 Å². The predicted octanol–water partition coefficient (Wildman–Crippen LogP) is 3.68. The van der Waals surface area contributed by atoms with Crippen molar-refractivity contribution in [3.8, 4) is 0 Å². The van der Waals surface area contributed by atoms with Gasteiger partial charge in [0.25, 0.3) is 5.56 Å². The molecule has 0 radical (unpaired) electrons. The molecule has 3 atom stereocenters. The summed E-state index contributed by atoms with van der Waals surface area (Å²) in [6.45, 7) is 8.93. The molecular formula is C29H40N4O4. The Morgan fingerprint density at radius 3 is 2.84 bits per heavy atom. The van der Waals surface area contributed by atoms with Gasteiger partial charge >= 0.3 is 5.97 Å². The summed E-state index contributed by atoms with van der Waals surface area (Å²) in [4.78, 5) is 34.1. The average Bonchev–Trinajstić information content (AvgIpc) is 3.02. The number of nitrogens with one attached hydrogen (secondary N) is 2. The molecule has 2 unspecified atom stereocenters. The minimum atomic E-state index is -0.823. The van der Waals surface area contributed by atoms with Gasteiger partial charge in [-0.25, -0.2) is 0 Å². The van der Waals surface area contributed by atoms with Crippen molar-refractivity contribution in [1.29, 1.82) is 0 Å². The SMILES string of the molecule is Cc1cc(C2=Nc3cc(CN[C@@H](CC(C)C)C(=O)O)ccc3CCC2CC2CN(C)CCO2)c[nH]c1=O. The van der Waals surface area contributed by atoms with E-state index in [1.807, 2.05) is 26.8 Å². The van der Waals surface area contributed by atoms with Crippen molar-refractivity contribution < 1.29 is 14.6 Å². The lowest BCUT2D eigenvalue weighted by Crippen LogP contribution is -2.41. The minimum Gasteiger partial charge on any atom is -0.480 e. The number of rotatable bonds is 9. The highest BCUT2D eigenvalue weighted by Gasteiger charge is 2.28. The van der Waals surface area contributed by atoms with Gasteiger partial charge in [0.1, 0.15) is 6.04 Å². The van der Waals surface area contributed by atoms with Crippen molar-refractivity contribution in [3.05, 3.63) is 63.1 Å². The van der Waals surface area contributed by atoms with E-state index in [0.717, 1.165) is 61.5 Å². The van der Waals surface area contributed by atoms with Crippen molar-refractivity contribution in [3.63, 3.8) is 0 Å². The van der Waals surface area contributed by atoms with Gasteiger partial charge in [-0.3, -0.25) is 14.6 Å². The Hall–Kier alpha value is -2.81. The Morgan fingerprint density at radius 1 is 1.32 bits per heavy atom. The van der Waals surface area contributed by atoms with Crippen LogP contribution in [0.1, 0.15) is 55.4 Å². The number of benzene rings is 1. The number of ether oxygens (including phenoxy) is 1. The minimum absolute atomic E-state index is 0.0881. The van der Waals surface area contributed by atoms with Crippen molar-refractivity contribution >= 4 is 17.4 Å². The number of fused-ring (bicyclic) bond motifs is 1. The lowest BCUT2D eigenvalue weighted by molar-refractivity contribution is -0.140. The molecule has 200 valence electrons. The summed E-state index contributed by atoms with van der Waals surface area (Å²) < 4.78 is 6.11. The molecule has 2 aromatic rings. The standard InChI is InChI=1S/C29H40N4O4/c1-18(2)11-26(29(35)36)30-15-20-5-6-21-7-8-22(14-24-17-33(4)9-10-37-24)27(32-25(21)13-20)23-12-19(3)28(34)31-16-23/h5-6,12-13,16,18,22,24,26,30H,7-11,14-15,17H2,1-4H3,(H,31,34)(H,35,36)/t22?,24?,26-/m0/s1. The van der Waals surface area contributed by atoms with Crippen LogP contribution in [0.3, 0.4) is 0 Å². The zero-order valence-corrected chi connectivity index (χ0v) is 22.4. The number of morpholine rings is 1. The fourth-order valence-corrected chi connectivity index (χ4v) is 5.31. The van der Waals surface area contributed by atoms with Gasteiger partial charge < -0.3 is 25.0 Å². The number of hydrogen-bond acceptors (Lipinski definition) is 6. The number of carbonyl (C=O) groups is 1. The number of H-pyrrole nitrogens is 1. The van der Waals surface area contributed by atoms with Gasteiger partial charge in [-0.1, -0.05) is 26.0 Å². The van der Waals surface area contributed by atoms with Gasteiger partial charge in [0.2, 0.25) is 0 Å². The first-order valence-corrected chi connectivity index (χ1v) is 13.4. The maximum Gasteiger partial charge on any atom is 0.320 e. The van der Waals surface area contributed by atoms with Crippen molar-refractivity contribution in [2.75, 3.05) is 26.7 Å². The molecule has 0 bridgehead atoms. The second-order valence-corrected chi connectivity index (χ2v) is 11.0. The number of hydrogen-bond donors (Lipinski definition) is 3. The molecule has 4 rings (SSSR count). The molecule has 0 saturated carbocycles. The van der Waals surface area contributed by atoms with Crippen LogP contribution in [0.25, 0.3) is 0 Å². The lowest BCUT2D eigenvalue weighted by Gasteiger charge is -2.32. The summed E-state index contributed by atoms with van der Waals surface area (Å²) in [7, 11) is 2.13. The summed E-state index contributed by atoms with van der Waals surface area (Å²) in [6.07, 6.45) is 5.22. The summed E-state index contributed by atoms with van der Waals surface area (Å²) in [5.41, 5.74) is 5.59. The van der Waals surface area contributed by atoms with E-state index in [1.165, 1.54) is 5.56 Å². The molecule has 1 aromatic heterocycles. The molecule has 1 aromatic carbocycles. The molecule has 0 amide bonds. The smallest absolute Gasteiger partial charge is 0.320 e. The number of likely N-dealkylation sites (N-methyl/N-ethyl adjacent to an activating group) is 1. The van der Waals surface area contributed by atoms with Crippen molar-refractivity contribution in [2.45, 2.75) is 65.1 Å². The van der Waals surface area contributed by atoms with E-state index in [1.54, 1.807) is 6.20 Å². The fraction of sp³-hybridized carbons (Fsp3) is 0.552. The highest BCUT2D eigenvalue weighted by molar-refractivity contribution is 6.04. The van der Waals surface area contributed by atoms with Gasteiger partial charge in [0.15, 0.2) is 0 Å². The molecule has 8 nitrogen and oxygen atoms in total. The average molecular weight is 509 g/mol. The Kier molecular flexibility index (Phi) is 8.95. The van der Waals surface area contributed by atoms with Crippen LogP contribution in [-0.4, -0.2) is 65.6 Å². The van der Waals surface area contributed by atoms with Crippen LogP contribution >= 0.6 is 0 Å². The summed E-state index contributed by atoms with van der Waals surface area (Å²) in [5, 5.41) is 12.8. The number of carboxylic acid groups (broad SMARTS) is 1. The highest BCUT2D eigenvalue weighted by atomic mass is 16.5. The van der Waals surface area contributed by atoms with E-state index in [9.17, 15) is 14.7 Å². The van der Waals surface area contributed by atoms with Crippen LogP contribution in [0, 0.1) is 18.8 Å². The molecule has 0 spiro atoms. The number of pyridine rings is 1. The van der Waals surface area contributed by atoms with Crippen molar-refractivity contribution in [2.24, 2.45) is 16.8 Å². The van der Waals surface area contributed by atoms with Gasteiger partial charge in [0.05, 0.1) is 24.1 Å². The van der Waals surface area contributed by atoms with E-state index >= 15 is 0 Å². The largest absolute Gasteiger partial charge is 0.480 e. The molecule has 1 saturated heterocycles. The topological polar surface area (TPSA) is 107 Å². The highest BCUT2D eigenvalue weighted by Crippen LogP contribution is 2.33. The Labute approximate surface area is 219 Å². The molecule has 1 fully saturated rings. The van der Waals surface area contributed by atoms with E-state index in [2.05, 4.69) is 40.4 Å². The monoisotopic (exact) mass is 508 g/mol. The van der Waals surface area contributed by atoms with Crippen LogP contribution in [-0.2, 0) is 22.5 Å². The number of carboxylic acids is 1. The fourth-order valence-electron chi connectivity index (χ4n) is 5.31. The summed E-state index contributed by atoms with van der Waals surface area (Å²) >= 11 is 0. The van der Waals surface area contributed by atoms with Crippen LogP contribution in [0.2, 0.25) is 0 Å². The summed E-state index contributed by atoms with van der Waals surface area (Å²) in [6, 6.07) is 7.61. The second kappa shape index (κ2) is 12.2. The van der Waals surface area contributed by atoms with Crippen LogP contribution < -0.4 is 10.9 Å².